The van der Waals surface area contributed by atoms with Gasteiger partial charge in [-0.2, -0.15) is 10.2 Å². The number of anilines is 1. The number of amides is 1. The summed E-state index contributed by atoms with van der Waals surface area (Å²) in [7, 11) is 0. The highest BCUT2D eigenvalue weighted by Gasteiger charge is 2.30. The standard InChI is InChI=1S/C14H19N5O3/c1-5-18-11(6-9(2)17-18)12(20)16-10-7-15-19(8-10)14(3,4)13(21)22/h6-8H,5H2,1-4H3,(H,16,20)(H,21,22). The van der Waals surface area contributed by atoms with E-state index in [1.54, 1.807) is 10.7 Å². The minimum atomic E-state index is -1.19. The first kappa shape index (κ1) is 15.7. The van der Waals surface area contributed by atoms with Gasteiger partial charge in [0.1, 0.15) is 5.69 Å². The minimum Gasteiger partial charge on any atom is -0.479 e. The molecule has 118 valence electrons. The van der Waals surface area contributed by atoms with Crippen LogP contribution in [0.5, 0.6) is 0 Å². The fraction of sp³-hybridized carbons (Fsp3) is 0.429. The highest BCUT2D eigenvalue weighted by atomic mass is 16.4. The largest absolute Gasteiger partial charge is 0.479 e. The van der Waals surface area contributed by atoms with Crippen LogP contribution in [0.15, 0.2) is 18.5 Å². The molecule has 22 heavy (non-hydrogen) atoms. The van der Waals surface area contributed by atoms with E-state index in [1.165, 1.54) is 30.9 Å². The minimum absolute atomic E-state index is 0.310. The van der Waals surface area contributed by atoms with Gasteiger partial charge in [0.25, 0.3) is 5.91 Å². The quantitative estimate of drug-likeness (QED) is 0.871. The summed E-state index contributed by atoms with van der Waals surface area (Å²) in [6.45, 7) is 7.36. The van der Waals surface area contributed by atoms with Crippen LogP contribution < -0.4 is 5.32 Å². The van der Waals surface area contributed by atoms with Crippen LogP contribution in [0.4, 0.5) is 5.69 Å². The number of aryl methyl sites for hydroxylation is 2. The van der Waals surface area contributed by atoms with Crippen molar-refractivity contribution in [2.24, 2.45) is 0 Å². The SMILES string of the molecule is CCn1nc(C)cc1C(=O)Nc1cnn(C(C)(C)C(=O)O)c1. The lowest BCUT2D eigenvalue weighted by Crippen LogP contribution is -2.35. The lowest BCUT2D eigenvalue weighted by atomic mass is 10.1. The molecule has 0 atom stereocenters. The number of carboxylic acid groups (broad SMARTS) is 1. The number of hydrogen-bond donors (Lipinski definition) is 2. The number of carboxylic acids is 1. The summed E-state index contributed by atoms with van der Waals surface area (Å²) in [5, 5.41) is 20.1. The van der Waals surface area contributed by atoms with Crippen molar-refractivity contribution in [2.45, 2.75) is 39.8 Å². The predicted molar refractivity (Wildman–Crippen MR) is 79.8 cm³/mol. The second kappa shape index (κ2) is 5.63. The fourth-order valence-electron chi connectivity index (χ4n) is 1.96. The van der Waals surface area contributed by atoms with Crippen molar-refractivity contribution < 1.29 is 14.7 Å². The molecule has 0 aliphatic heterocycles. The maximum absolute atomic E-state index is 12.3. The molecular formula is C14H19N5O3. The van der Waals surface area contributed by atoms with Gasteiger partial charge in [-0.15, -0.1) is 0 Å². The summed E-state index contributed by atoms with van der Waals surface area (Å²) in [6.07, 6.45) is 2.91. The Balaban J connectivity index is 2.20. The lowest BCUT2D eigenvalue weighted by Gasteiger charge is -2.19. The Morgan fingerprint density at radius 1 is 1.41 bits per heavy atom. The summed E-state index contributed by atoms with van der Waals surface area (Å²) in [5.41, 5.74) is 0.450. The fourth-order valence-corrected chi connectivity index (χ4v) is 1.96. The lowest BCUT2D eigenvalue weighted by molar-refractivity contribution is -0.146. The van der Waals surface area contributed by atoms with E-state index in [9.17, 15) is 14.7 Å². The maximum atomic E-state index is 12.3. The van der Waals surface area contributed by atoms with Crippen molar-refractivity contribution in [2.75, 3.05) is 5.32 Å². The highest BCUT2D eigenvalue weighted by Crippen LogP contribution is 2.18. The Labute approximate surface area is 127 Å². The number of carbonyl (C=O) groups excluding carboxylic acids is 1. The molecule has 0 fully saturated rings. The van der Waals surface area contributed by atoms with Crippen molar-refractivity contribution in [3.63, 3.8) is 0 Å². The van der Waals surface area contributed by atoms with Gasteiger partial charge in [0, 0.05) is 12.7 Å². The van der Waals surface area contributed by atoms with Gasteiger partial charge >= 0.3 is 5.97 Å². The predicted octanol–water partition coefficient (Wildman–Crippen LogP) is 1.48. The van der Waals surface area contributed by atoms with E-state index in [-0.39, 0.29) is 5.91 Å². The van der Waals surface area contributed by atoms with Gasteiger partial charge < -0.3 is 10.4 Å². The first-order valence-corrected chi connectivity index (χ1v) is 6.90. The monoisotopic (exact) mass is 305 g/mol. The molecule has 2 heterocycles. The zero-order valence-corrected chi connectivity index (χ0v) is 13.0. The van der Waals surface area contributed by atoms with Crippen molar-refractivity contribution >= 4 is 17.6 Å². The van der Waals surface area contributed by atoms with Crippen LogP contribution in [-0.2, 0) is 16.9 Å². The molecular weight excluding hydrogens is 286 g/mol. The molecule has 0 aliphatic carbocycles. The number of carbonyl (C=O) groups is 2. The van der Waals surface area contributed by atoms with Gasteiger partial charge in [-0.1, -0.05) is 0 Å². The van der Waals surface area contributed by atoms with Gasteiger partial charge in [0.05, 0.1) is 17.6 Å². The average Bonchev–Trinajstić information content (AvgIpc) is 3.05. The van der Waals surface area contributed by atoms with Crippen LogP contribution in [0.2, 0.25) is 0 Å². The maximum Gasteiger partial charge on any atom is 0.331 e. The molecule has 0 saturated carbocycles. The Hall–Kier alpha value is -2.64. The average molecular weight is 305 g/mol. The number of aliphatic carboxylic acids is 1. The second-order valence-electron chi connectivity index (χ2n) is 5.48. The molecule has 2 rings (SSSR count). The van der Waals surface area contributed by atoms with Gasteiger partial charge in [-0.3, -0.25) is 14.2 Å². The number of rotatable bonds is 5. The third-order valence-electron chi connectivity index (χ3n) is 3.37. The van der Waals surface area contributed by atoms with Crippen molar-refractivity contribution in [1.29, 1.82) is 0 Å². The second-order valence-corrected chi connectivity index (χ2v) is 5.48. The van der Waals surface area contributed by atoms with Crippen LogP contribution in [0.1, 0.15) is 37.0 Å². The normalized spacial score (nSPS) is 11.5. The summed E-state index contributed by atoms with van der Waals surface area (Å²) in [5.74, 6) is -1.32. The summed E-state index contributed by atoms with van der Waals surface area (Å²) in [4.78, 5) is 23.5. The molecule has 1 amide bonds. The summed E-state index contributed by atoms with van der Waals surface area (Å²) < 4.78 is 2.91. The molecule has 0 spiro atoms. The van der Waals surface area contributed by atoms with Crippen LogP contribution in [0, 0.1) is 6.92 Å². The third-order valence-corrected chi connectivity index (χ3v) is 3.37. The zero-order chi connectivity index (χ0) is 16.5. The van der Waals surface area contributed by atoms with Crippen molar-refractivity contribution in [3.8, 4) is 0 Å². The van der Waals surface area contributed by atoms with E-state index in [2.05, 4.69) is 15.5 Å². The molecule has 0 aliphatic rings. The molecule has 8 nitrogen and oxygen atoms in total. The Bertz CT molecular complexity index is 714. The molecule has 0 bridgehead atoms. The molecule has 0 saturated heterocycles. The third kappa shape index (κ3) is 2.85. The van der Waals surface area contributed by atoms with Crippen LogP contribution in [0.3, 0.4) is 0 Å². The molecule has 0 radical (unpaired) electrons. The van der Waals surface area contributed by atoms with Crippen LogP contribution in [-0.4, -0.2) is 36.5 Å². The molecule has 0 unspecified atom stereocenters. The highest BCUT2D eigenvalue weighted by molar-refractivity contribution is 6.03. The molecule has 2 N–H and O–H groups in total. The van der Waals surface area contributed by atoms with Crippen molar-refractivity contribution in [1.82, 2.24) is 19.6 Å². The Kier molecular flexibility index (Phi) is 4.03. The van der Waals surface area contributed by atoms with Crippen LogP contribution >= 0.6 is 0 Å². The van der Waals surface area contributed by atoms with E-state index in [1.807, 2.05) is 13.8 Å². The Morgan fingerprint density at radius 2 is 2.09 bits per heavy atom. The topological polar surface area (TPSA) is 102 Å². The Morgan fingerprint density at radius 3 is 2.68 bits per heavy atom. The first-order valence-electron chi connectivity index (χ1n) is 6.90. The summed E-state index contributed by atoms with van der Waals surface area (Å²) in [6, 6.07) is 1.70. The number of nitrogens with zero attached hydrogens (tertiary/aromatic N) is 4. The molecule has 0 aromatic carbocycles. The smallest absolute Gasteiger partial charge is 0.331 e. The number of hydrogen-bond acceptors (Lipinski definition) is 4. The van der Waals surface area contributed by atoms with E-state index >= 15 is 0 Å². The van der Waals surface area contributed by atoms with E-state index in [4.69, 9.17) is 0 Å². The summed E-state index contributed by atoms with van der Waals surface area (Å²) >= 11 is 0. The number of nitrogens with one attached hydrogen (secondary N) is 1. The molecule has 2 aromatic rings. The van der Waals surface area contributed by atoms with E-state index < -0.39 is 11.5 Å². The van der Waals surface area contributed by atoms with Crippen LogP contribution in [0.25, 0.3) is 0 Å². The van der Waals surface area contributed by atoms with E-state index in [0.29, 0.717) is 17.9 Å². The zero-order valence-electron chi connectivity index (χ0n) is 13.0. The van der Waals surface area contributed by atoms with Gasteiger partial charge in [-0.25, -0.2) is 4.79 Å². The van der Waals surface area contributed by atoms with Crippen molar-refractivity contribution in [3.05, 3.63) is 29.8 Å². The molecule has 8 heteroatoms. The van der Waals surface area contributed by atoms with Gasteiger partial charge in [-0.05, 0) is 33.8 Å². The number of aromatic nitrogens is 4. The van der Waals surface area contributed by atoms with E-state index in [0.717, 1.165) is 5.69 Å². The van der Waals surface area contributed by atoms with Gasteiger partial charge in [0.2, 0.25) is 0 Å². The van der Waals surface area contributed by atoms with Gasteiger partial charge in [0.15, 0.2) is 5.54 Å². The first-order chi connectivity index (χ1) is 10.3. The molecule has 2 aromatic heterocycles.